The third-order valence-electron chi connectivity index (χ3n) is 5.76. The fourth-order valence-electron chi connectivity index (χ4n) is 4.18. The van der Waals surface area contributed by atoms with Crippen molar-refractivity contribution in [2.75, 3.05) is 6.54 Å². The molecule has 0 spiro atoms. The van der Waals surface area contributed by atoms with Gasteiger partial charge in [0.25, 0.3) is 5.91 Å². The Balaban J connectivity index is 1.36. The number of hydrogen-bond acceptors (Lipinski definition) is 2. The summed E-state index contributed by atoms with van der Waals surface area (Å²) in [5.41, 5.74) is 3.30. The number of nitrogens with one attached hydrogen (secondary N) is 2. The molecule has 3 aromatic rings. The fourth-order valence-corrected chi connectivity index (χ4v) is 4.18. The second kappa shape index (κ2) is 8.83. The summed E-state index contributed by atoms with van der Waals surface area (Å²) < 4.78 is 2.23. The molecule has 5 heteroatoms. The minimum absolute atomic E-state index is 0.144. The Morgan fingerprint density at radius 1 is 1.24 bits per heavy atom. The van der Waals surface area contributed by atoms with Gasteiger partial charge in [-0.2, -0.15) is 5.26 Å². The Morgan fingerprint density at radius 3 is 2.90 bits per heavy atom. The number of amides is 1. The Morgan fingerprint density at radius 2 is 2.07 bits per heavy atom. The van der Waals surface area contributed by atoms with Gasteiger partial charge in [-0.1, -0.05) is 37.5 Å². The molecule has 0 bridgehead atoms. The maximum absolute atomic E-state index is 12.5. The van der Waals surface area contributed by atoms with Crippen molar-refractivity contribution in [1.29, 1.82) is 5.26 Å². The maximum Gasteiger partial charge on any atom is 0.261 e. The highest BCUT2D eigenvalue weighted by Gasteiger charge is 2.15. The van der Waals surface area contributed by atoms with E-state index in [1.807, 2.05) is 42.7 Å². The molecule has 0 radical (unpaired) electrons. The van der Waals surface area contributed by atoms with Crippen molar-refractivity contribution < 1.29 is 4.79 Å². The van der Waals surface area contributed by atoms with Crippen LogP contribution in [0.1, 0.15) is 49.3 Å². The normalized spacial score (nSPS) is 15.3. The highest BCUT2D eigenvalue weighted by Crippen LogP contribution is 2.28. The average molecular weight is 386 g/mol. The van der Waals surface area contributed by atoms with Crippen LogP contribution in [0.3, 0.4) is 0 Å². The molecular formula is C24H26N4O. The smallest absolute Gasteiger partial charge is 0.261 e. The summed E-state index contributed by atoms with van der Waals surface area (Å²) in [6, 6.07) is 12.7. The lowest BCUT2D eigenvalue weighted by Gasteiger charge is -2.23. The van der Waals surface area contributed by atoms with Gasteiger partial charge in [-0.05, 0) is 48.6 Å². The number of nitrogens with zero attached hydrogens (tertiary/aromatic N) is 2. The van der Waals surface area contributed by atoms with Crippen molar-refractivity contribution in [3.8, 4) is 6.07 Å². The number of hydrogen-bond donors (Lipinski definition) is 2. The lowest BCUT2D eigenvalue weighted by Crippen LogP contribution is -2.26. The fraction of sp³-hybridized carbons (Fsp3) is 0.333. The summed E-state index contributed by atoms with van der Waals surface area (Å²) in [5, 5.41) is 13.5. The average Bonchev–Trinajstić information content (AvgIpc) is 3.40. The van der Waals surface area contributed by atoms with E-state index in [0.717, 1.165) is 16.6 Å². The predicted molar refractivity (Wildman–Crippen MR) is 115 cm³/mol. The zero-order chi connectivity index (χ0) is 20.1. The van der Waals surface area contributed by atoms with Gasteiger partial charge in [0.2, 0.25) is 0 Å². The Bertz CT molecular complexity index is 1060. The highest BCUT2D eigenvalue weighted by atomic mass is 16.1. The molecule has 2 heterocycles. The number of fused-ring (bicyclic) bond motifs is 1. The second-order valence-corrected chi connectivity index (χ2v) is 7.72. The summed E-state index contributed by atoms with van der Waals surface area (Å²) in [5.74, 6) is -0.322. The number of benzene rings is 1. The Labute approximate surface area is 171 Å². The van der Waals surface area contributed by atoms with E-state index in [9.17, 15) is 10.1 Å². The molecule has 0 unspecified atom stereocenters. The van der Waals surface area contributed by atoms with Crippen LogP contribution < -0.4 is 5.32 Å². The maximum atomic E-state index is 12.5. The number of H-pyrrole nitrogens is 1. The van der Waals surface area contributed by atoms with E-state index in [1.165, 1.54) is 37.5 Å². The molecule has 2 aromatic heterocycles. The van der Waals surface area contributed by atoms with E-state index in [4.69, 9.17) is 0 Å². The first-order valence-corrected chi connectivity index (χ1v) is 10.4. The lowest BCUT2D eigenvalue weighted by molar-refractivity contribution is -0.117. The highest BCUT2D eigenvalue weighted by molar-refractivity contribution is 6.01. The lowest BCUT2D eigenvalue weighted by atomic mass is 9.95. The van der Waals surface area contributed by atoms with Crippen LogP contribution in [0.25, 0.3) is 17.0 Å². The number of carbonyl (C=O) groups is 1. The van der Waals surface area contributed by atoms with E-state index >= 15 is 0 Å². The van der Waals surface area contributed by atoms with Crippen molar-refractivity contribution >= 4 is 22.9 Å². The molecule has 2 N–H and O–H groups in total. The quantitative estimate of drug-likeness (QED) is 0.474. The molecule has 0 aliphatic heterocycles. The van der Waals surface area contributed by atoms with Crippen LogP contribution in [0.5, 0.6) is 0 Å². The first-order valence-electron chi connectivity index (χ1n) is 10.4. The van der Waals surface area contributed by atoms with Crippen molar-refractivity contribution in [2.45, 2.75) is 44.6 Å². The van der Waals surface area contributed by atoms with Gasteiger partial charge in [-0.15, -0.1) is 0 Å². The number of nitriles is 1. The SMILES string of the molecule is N#C/C(=C\c1ccn(C2CCCCC2)c1)C(=O)NCCc1c[nH]c2ccccc12. The van der Waals surface area contributed by atoms with E-state index in [0.29, 0.717) is 19.0 Å². The summed E-state index contributed by atoms with van der Waals surface area (Å²) in [6.45, 7) is 0.489. The van der Waals surface area contributed by atoms with E-state index in [1.54, 1.807) is 6.08 Å². The number of carbonyl (C=O) groups excluding carboxylic acids is 1. The van der Waals surface area contributed by atoms with Crippen molar-refractivity contribution in [3.63, 3.8) is 0 Å². The van der Waals surface area contributed by atoms with Crippen LogP contribution in [0.4, 0.5) is 0 Å². The van der Waals surface area contributed by atoms with Crippen LogP contribution >= 0.6 is 0 Å². The van der Waals surface area contributed by atoms with Gasteiger partial charge in [0.1, 0.15) is 11.6 Å². The summed E-state index contributed by atoms with van der Waals surface area (Å²) >= 11 is 0. The van der Waals surface area contributed by atoms with Crippen LogP contribution in [0.2, 0.25) is 0 Å². The molecule has 4 rings (SSSR count). The van der Waals surface area contributed by atoms with Gasteiger partial charge in [0.05, 0.1) is 0 Å². The predicted octanol–water partition coefficient (Wildman–Crippen LogP) is 4.74. The third kappa shape index (κ3) is 4.43. The van der Waals surface area contributed by atoms with Gasteiger partial charge in [0, 0.05) is 42.1 Å². The van der Waals surface area contributed by atoms with Crippen molar-refractivity contribution in [1.82, 2.24) is 14.9 Å². The molecule has 1 amide bonds. The van der Waals surface area contributed by atoms with E-state index in [-0.39, 0.29) is 11.5 Å². The molecule has 5 nitrogen and oxygen atoms in total. The molecule has 1 saturated carbocycles. The molecular weight excluding hydrogens is 360 g/mol. The summed E-state index contributed by atoms with van der Waals surface area (Å²) in [7, 11) is 0. The topological polar surface area (TPSA) is 73.6 Å². The largest absolute Gasteiger partial charge is 0.361 e. The van der Waals surface area contributed by atoms with Crippen LogP contribution in [-0.4, -0.2) is 22.0 Å². The molecule has 1 aliphatic rings. The van der Waals surface area contributed by atoms with Gasteiger partial charge >= 0.3 is 0 Å². The zero-order valence-corrected chi connectivity index (χ0v) is 16.5. The van der Waals surface area contributed by atoms with E-state index in [2.05, 4.69) is 27.1 Å². The summed E-state index contributed by atoms with van der Waals surface area (Å²) in [4.78, 5) is 15.7. The minimum atomic E-state index is -0.322. The molecule has 148 valence electrons. The Kier molecular flexibility index (Phi) is 5.81. The first kappa shape index (κ1) is 19.1. The molecule has 0 atom stereocenters. The molecule has 1 aliphatic carbocycles. The third-order valence-corrected chi connectivity index (χ3v) is 5.76. The van der Waals surface area contributed by atoms with Crippen LogP contribution in [0, 0.1) is 11.3 Å². The summed E-state index contributed by atoms with van der Waals surface area (Å²) in [6.07, 6.45) is 14.8. The standard InChI is InChI=1S/C24H26N4O/c25-15-20(14-18-11-13-28(17-18)21-6-2-1-3-7-21)24(29)26-12-10-19-16-27-23-9-5-4-8-22(19)23/h4-5,8-9,11,13-14,16-17,21,27H,1-3,6-7,10,12H2,(H,26,29)/b20-14+. The van der Waals surface area contributed by atoms with Crippen LogP contribution in [0.15, 0.2) is 54.5 Å². The number of aromatic nitrogens is 2. The number of para-hydroxylation sites is 1. The Hall–Kier alpha value is -3.26. The van der Waals surface area contributed by atoms with E-state index < -0.39 is 0 Å². The van der Waals surface area contributed by atoms with Gasteiger partial charge in [0.15, 0.2) is 0 Å². The van der Waals surface area contributed by atoms with Crippen LogP contribution in [-0.2, 0) is 11.2 Å². The molecule has 0 saturated heterocycles. The molecule has 1 fully saturated rings. The monoisotopic (exact) mass is 386 g/mol. The number of aromatic amines is 1. The van der Waals surface area contributed by atoms with Gasteiger partial charge < -0.3 is 14.9 Å². The van der Waals surface area contributed by atoms with Crippen molar-refractivity contribution in [3.05, 3.63) is 65.6 Å². The van der Waals surface area contributed by atoms with Gasteiger partial charge in [-0.25, -0.2) is 0 Å². The minimum Gasteiger partial charge on any atom is -0.361 e. The zero-order valence-electron chi connectivity index (χ0n) is 16.5. The number of rotatable bonds is 6. The first-order chi connectivity index (χ1) is 14.2. The second-order valence-electron chi connectivity index (χ2n) is 7.72. The van der Waals surface area contributed by atoms with Crippen molar-refractivity contribution in [2.24, 2.45) is 0 Å². The van der Waals surface area contributed by atoms with Gasteiger partial charge in [-0.3, -0.25) is 4.79 Å². The molecule has 29 heavy (non-hydrogen) atoms. The molecule has 1 aromatic carbocycles.